The first-order valence-corrected chi connectivity index (χ1v) is 7.97. The summed E-state index contributed by atoms with van der Waals surface area (Å²) in [5.41, 5.74) is 6.93. The first kappa shape index (κ1) is 14.6. The standard InChI is InChI=1S/C14H18N2O3S/c1-2-16(10-14-4-3-9-19-14)20(17,18)11-12-5-7-13(15)8-6-12/h3-9H,2,10-11,15H2,1H3. The Morgan fingerprint density at radius 2 is 1.90 bits per heavy atom. The molecular weight excluding hydrogens is 276 g/mol. The molecule has 0 amide bonds. The van der Waals surface area contributed by atoms with Crippen LogP contribution in [-0.2, 0) is 22.3 Å². The van der Waals surface area contributed by atoms with Gasteiger partial charge in [0.1, 0.15) is 5.76 Å². The van der Waals surface area contributed by atoms with Gasteiger partial charge in [-0.2, -0.15) is 4.31 Å². The molecule has 0 spiro atoms. The van der Waals surface area contributed by atoms with E-state index in [4.69, 9.17) is 10.2 Å². The van der Waals surface area contributed by atoms with Gasteiger partial charge < -0.3 is 10.2 Å². The number of anilines is 1. The normalized spacial score (nSPS) is 11.9. The highest BCUT2D eigenvalue weighted by Gasteiger charge is 2.22. The number of hydrogen-bond acceptors (Lipinski definition) is 4. The van der Waals surface area contributed by atoms with E-state index in [0.29, 0.717) is 18.0 Å². The zero-order chi connectivity index (χ0) is 14.6. The minimum atomic E-state index is -3.38. The van der Waals surface area contributed by atoms with Crippen molar-refractivity contribution in [1.29, 1.82) is 0 Å². The average Bonchev–Trinajstić information content (AvgIpc) is 2.91. The molecule has 0 aliphatic heterocycles. The van der Waals surface area contributed by atoms with Crippen molar-refractivity contribution in [3.05, 3.63) is 54.0 Å². The molecule has 108 valence electrons. The summed E-state index contributed by atoms with van der Waals surface area (Å²) in [6.45, 7) is 2.46. The third-order valence-corrected chi connectivity index (χ3v) is 4.86. The molecule has 0 aliphatic carbocycles. The van der Waals surface area contributed by atoms with Crippen molar-refractivity contribution < 1.29 is 12.8 Å². The molecule has 5 nitrogen and oxygen atoms in total. The number of hydrogen-bond donors (Lipinski definition) is 1. The fraction of sp³-hybridized carbons (Fsp3) is 0.286. The number of nitrogens with two attached hydrogens (primary N) is 1. The lowest BCUT2D eigenvalue weighted by atomic mass is 10.2. The predicted molar refractivity (Wildman–Crippen MR) is 78.3 cm³/mol. The zero-order valence-electron chi connectivity index (χ0n) is 11.3. The zero-order valence-corrected chi connectivity index (χ0v) is 12.1. The SMILES string of the molecule is CCN(Cc1ccco1)S(=O)(=O)Cc1ccc(N)cc1. The minimum Gasteiger partial charge on any atom is -0.468 e. The van der Waals surface area contributed by atoms with Gasteiger partial charge in [0, 0.05) is 12.2 Å². The Labute approximate surface area is 119 Å². The minimum absolute atomic E-state index is 0.0399. The number of nitrogen functional groups attached to an aromatic ring is 1. The van der Waals surface area contributed by atoms with Gasteiger partial charge in [0.15, 0.2) is 0 Å². The van der Waals surface area contributed by atoms with Crippen molar-refractivity contribution in [1.82, 2.24) is 4.31 Å². The second-order valence-corrected chi connectivity index (χ2v) is 6.47. The molecule has 0 radical (unpaired) electrons. The van der Waals surface area contributed by atoms with Gasteiger partial charge in [-0.3, -0.25) is 0 Å². The van der Waals surface area contributed by atoms with Crippen molar-refractivity contribution in [2.75, 3.05) is 12.3 Å². The summed E-state index contributed by atoms with van der Waals surface area (Å²) >= 11 is 0. The number of furan rings is 1. The lowest BCUT2D eigenvalue weighted by molar-refractivity contribution is 0.375. The van der Waals surface area contributed by atoms with E-state index >= 15 is 0 Å². The number of nitrogens with zero attached hydrogens (tertiary/aromatic N) is 1. The molecule has 0 fully saturated rings. The summed E-state index contributed by atoms with van der Waals surface area (Å²) in [4.78, 5) is 0. The molecule has 6 heteroatoms. The van der Waals surface area contributed by atoms with Crippen molar-refractivity contribution in [3.63, 3.8) is 0 Å². The predicted octanol–water partition coefficient (Wildman–Crippen LogP) is 2.21. The summed E-state index contributed by atoms with van der Waals surface area (Å²) in [6.07, 6.45) is 1.54. The van der Waals surface area contributed by atoms with E-state index in [0.717, 1.165) is 5.56 Å². The van der Waals surface area contributed by atoms with Gasteiger partial charge in [-0.1, -0.05) is 19.1 Å². The highest BCUT2D eigenvalue weighted by atomic mass is 32.2. The maximum atomic E-state index is 12.4. The Balaban J connectivity index is 2.12. The van der Waals surface area contributed by atoms with Crippen molar-refractivity contribution >= 4 is 15.7 Å². The quantitative estimate of drug-likeness (QED) is 0.829. The van der Waals surface area contributed by atoms with Crippen molar-refractivity contribution in [3.8, 4) is 0 Å². The van der Waals surface area contributed by atoms with Crippen LogP contribution in [0, 0.1) is 0 Å². The van der Waals surface area contributed by atoms with Crippen LogP contribution in [0.2, 0.25) is 0 Å². The van der Waals surface area contributed by atoms with Gasteiger partial charge in [0.05, 0.1) is 18.6 Å². The number of sulfonamides is 1. The summed E-state index contributed by atoms with van der Waals surface area (Å²) < 4.78 is 31.4. The summed E-state index contributed by atoms with van der Waals surface area (Å²) in [7, 11) is -3.38. The van der Waals surface area contributed by atoms with E-state index in [1.165, 1.54) is 10.6 Å². The van der Waals surface area contributed by atoms with Crippen molar-refractivity contribution in [2.24, 2.45) is 0 Å². The molecule has 0 aliphatic rings. The topological polar surface area (TPSA) is 76.5 Å². The Morgan fingerprint density at radius 1 is 1.20 bits per heavy atom. The summed E-state index contributed by atoms with van der Waals surface area (Å²) in [5, 5.41) is 0. The van der Waals surface area contributed by atoms with Crippen LogP contribution in [0.25, 0.3) is 0 Å². The number of benzene rings is 1. The second-order valence-electron chi connectivity index (χ2n) is 4.50. The third kappa shape index (κ3) is 3.61. The maximum absolute atomic E-state index is 12.4. The van der Waals surface area contributed by atoms with Crippen LogP contribution in [0.5, 0.6) is 0 Å². The van der Waals surface area contributed by atoms with Gasteiger partial charge in [0.2, 0.25) is 10.0 Å². The molecule has 1 aromatic heterocycles. The fourth-order valence-corrected chi connectivity index (χ4v) is 3.41. The highest BCUT2D eigenvalue weighted by molar-refractivity contribution is 7.88. The molecule has 0 bridgehead atoms. The molecule has 0 saturated heterocycles. The molecule has 2 N–H and O–H groups in total. The molecular formula is C14H18N2O3S. The Bertz CT molecular complexity index is 634. The van der Waals surface area contributed by atoms with Gasteiger partial charge in [-0.15, -0.1) is 0 Å². The van der Waals surface area contributed by atoms with E-state index in [2.05, 4.69) is 0 Å². The van der Waals surface area contributed by atoms with Crippen LogP contribution in [0.15, 0.2) is 47.1 Å². The fourth-order valence-electron chi connectivity index (χ4n) is 1.90. The van der Waals surface area contributed by atoms with Crippen LogP contribution in [0.4, 0.5) is 5.69 Å². The van der Waals surface area contributed by atoms with Crippen molar-refractivity contribution in [2.45, 2.75) is 19.2 Å². The van der Waals surface area contributed by atoms with Crippen LogP contribution in [0.3, 0.4) is 0 Å². The van der Waals surface area contributed by atoms with E-state index in [1.807, 2.05) is 6.92 Å². The molecule has 0 saturated carbocycles. The van der Waals surface area contributed by atoms with E-state index in [9.17, 15) is 8.42 Å². The molecule has 2 rings (SSSR count). The van der Waals surface area contributed by atoms with Crippen LogP contribution in [0.1, 0.15) is 18.2 Å². The van der Waals surface area contributed by atoms with Gasteiger partial charge in [-0.25, -0.2) is 8.42 Å². The summed E-state index contributed by atoms with van der Waals surface area (Å²) in [6, 6.07) is 10.4. The van der Waals surface area contributed by atoms with E-state index in [-0.39, 0.29) is 12.3 Å². The molecule has 2 aromatic rings. The van der Waals surface area contributed by atoms with E-state index in [1.54, 1.807) is 36.4 Å². The molecule has 0 unspecified atom stereocenters. The first-order valence-electron chi connectivity index (χ1n) is 6.36. The number of rotatable bonds is 6. The van der Waals surface area contributed by atoms with E-state index < -0.39 is 10.0 Å². The van der Waals surface area contributed by atoms with Crippen LogP contribution < -0.4 is 5.73 Å². The monoisotopic (exact) mass is 294 g/mol. The molecule has 1 aromatic carbocycles. The van der Waals surface area contributed by atoms with Gasteiger partial charge in [0.25, 0.3) is 0 Å². The highest BCUT2D eigenvalue weighted by Crippen LogP contribution is 2.15. The Kier molecular flexibility index (Phi) is 4.46. The Hall–Kier alpha value is -1.79. The second kappa shape index (κ2) is 6.11. The van der Waals surface area contributed by atoms with Crippen LogP contribution >= 0.6 is 0 Å². The van der Waals surface area contributed by atoms with Gasteiger partial charge >= 0.3 is 0 Å². The van der Waals surface area contributed by atoms with Gasteiger partial charge in [-0.05, 0) is 29.8 Å². The smallest absolute Gasteiger partial charge is 0.218 e. The average molecular weight is 294 g/mol. The maximum Gasteiger partial charge on any atom is 0.218 e. The first-order chi connectivity index (χ1) is 9.51. The molecule has 1 heterocycles. The third-order valence-electron chi connectivity index (χ3n) is 2.99. The lowest BCUT2D eigenvalue weighted by Crippen LogP contribution is -2.31. The lowest BCUT2D eigenvalue weighted by Gasteiger charge is -2.19. The summed E-state index contributed by atoms with van der Waals surface area (Å²) in [5.74, 6) is 0.592. The Morgan fingerprint density at radius 3 is 2.45 bits per heavy atom. The largest absolute Gasteiger partial charge is 0.468 e. The van der Waals surface area contributed by atoms with Crippen LogP contribution in [-0.4, -0.2) is 19.3 Å². The molecule has 0 atom stereocenters. The molecule has 20 heavy (non-hydrogen) atoms.